The van der Waals surface area contributed by atoms with E-state index in [1.807, 2.05) is 0 Å². The van der Waals surface area contributed by atoms with E-state index in [4.69, 9.17) is 4.74 Å². The molecular weight excluding hydrogens is 260 g/mol. The van der Waals surface area contributed by atoms with E-state index in [1.165, 1.54) is 12.1 Å². The van der Waals surface area contributed by atoms with Gasteiger partial charge in [-0.2, -0.15) is 0 Å². The SMILES string of the molecule is CNc1cc(-c2cccc([N+](=O)[O-])c2)nc(COC)n1. The monoisotopic (exact) mass is 274 g/mol. The first-order valence-corrected chi connectivity index (χ1v) is 5.93. The number of aromatic nitrogens is 2. The van der Waals surface area contributed by atoms with E-state index in [-0.39, 0.29) is 12.3 Å². The standard InChI is InChI=1S/C13H14N4O3/c1-14-12-7-11(15-13(16-12)8-20-2)9-4-3-5-10(6-9)17(18)19/h3-7H,8H2,1-2H3,(H,14,15,16). The molecule has 1 aromatic heterocycles. The highest BCUT2D eigenvalue weighted by Crippen LogP contribution is 2.24. The van der Waals surface area contributed by atoms with E-state index in [1.54, 1.807) is 32.4 Å². The Morgan fingerprint density at radius 2 is 2.15 bits per heavy atom. The number of non-ortho nitro benzene ring substituents is 1. The van der Waals surface area contributed by atoms with E-state index in [0.29, 0.717) is 22.9 Å². The average molecular weight is 274 g/mol. The number of methoxy groups -OCH3 is 1. The number of hydrogen-bond donors (Lipinski definition) is 1. The molecule has 0 saturated carbocycles. The van der Waals surface area contributed by atoms with Crippen molar-refractivity contribution in [1.29, 1.82) is 0 Å². The molecule has 0 aliphatic rings. The molecule has 2 aromatic rings. The van der Waals surface area contributed by atoms with Crippen molar-refractivity contribution in [2.24, 2.45) is 0 Å². The van der Waals surface area contributed by atoms with Crippen LogP contribution in [-0.4, -0.2) is 29.0 Å². The lowest BCUT2D eigenvalue weighted by Crippen LogP contribution is -2.03. The molecule has 0 radical (unpaired) electrons. The zero-order chi connectivity index (χ0) is 14.5. The van der Waals surface area contributed by atoms with Crippen LogP contribution in [-0.2, 0) is 11.3 Å². The van der Waals surface area contributed by atoms with Gasteiger partial charge in [-0.25, -0.2) is 9.97 Å². The fraction of sp³-hybridized carbons (Fsp3) is 0.231. The number of anilines is 1. The first kappa shape index (κ1) is 13.9. The molecule has 0 aliphatic carbocycles. The number of ether oxygens (including phenoxy) is 1. The summed E-state index contributed by atoms with van der Waals surface area (Å²) in [6.45, 7) is 0.275. The zero-order valence-corrected chi connectivity index (χ0v) is 11.2. The van der Waals surface area contributed by atoms with Gasteiger partial charge in [-0.3, -0.25) is 10.1 Å². The molecule has 104 valence electrons. The Labute approximate surface area is 115 Å². The number of nitro benzene ring substituents is 1. The molecule has 1 aromatic carbocycles. The zero-order valence-electron chi connectivity index (χ0n) is 11.2. The third-order valence-electron chi connectivity index (χ3n) is 2.65. The second-order valence-electron chi connectivity index (χ2n) is 4.05. The molecule has 7 nitrogen and oxygen atoms in total. The molecule has 20 heavy (non-hydrogen) atoms. The lowest BCUT2D eigenvalue weighted by atomic mass is 10.1. The van der Waals surface area contributed by atoms with Crippen molar-refractivity contribution in [3.05, 3.63) is 46.3 Å². The summed E-state index contributed by atoms with van der Waals surface area (Å²) < 4.78 is 5.02. The first-order valence-electron chi connectivity index (χ1n) is 5.93. The summed E-state index contributed by atoms with van der Waals surface area (Å²) in [6.07, 6.45) is 0. The Bertz CT molecular complexity index is 631. The van der Waals surface area contributed by atoms with Gasteiger partial charge in [0.2, 0.25) is 0 Å². The third-order valence-corrected chi connectivity index (χ3v) is 2.65. The van der Waals surface area contributed by atoms with E-state index >= 15 is 0 Å². The van der Waals surface area contributed by atoms with Crippen molar-refractivity contribution in [2.75, 3.05) is 19.5 Å². The fourth-order valence-corrected chi connectivity index (χ4v) is 1.75. The van der Waals surface area contributed by atoms with Crippen molar-refractivity contribution in [1.82, 2.24) is 9.97 Å². The molecule has 0 unspecified atom stereocenters. The minimum atomic E-state index is -0.431. The Morgan fingerprint density at radius 1 is 1.35 bits per heavy atom. The number of nitrogens with one attached hydrogen (secondary N) is 1. The van der Waals surface area contributed by atoms with Crippen LogP contribution in [0.4, 0.5) is 11.5 Å². The molecule has 0 aliphatic heterocycles. The average Bonchev–Trinajstić information content (AvgIpc) is 2.47. The lowest BCUT2D eigenvalue weighted by molar-refractivity contribution is -0.384. The molecule has 0 atom stereocenters. The number of hydrogen-bond acceptors (Lipinski definition) is 6. The van der Waals surface area contributed by atoms with Gasteiger partial charge in [0.15, 0.2) is 5.82 Å². The van der Waals surface area contributed by atoms with Crippen LogP contribution in [0, 0.1) is 10.1 Å². The highest BCUT2D eigenvalue weighted by molar-refractivity contribution is 5.65. The smallest absolute Gasteiger partial charge is 0.270 e. The Morgan fingerprint density at radius 3 is 2.80 bits per heavy atom. The van der Waals surface area contributed by atoms with Crippen LogP contribution < -0.4 is 5.32 Å². The van der Waals surface area contributed by atoms with Crippen molar-refractivity contribution in [2.45, 2.75) is 6.61 Å². The van der Waals surface area contributed by atoms with Gasteiger partial charge < -0.3 is 10.1 Å². The van der Waals surface area contributed by atoms with Gasteiger partial charge in [-0.15, -0.1) is 0 Å². The van der Waals surface area contributed by atoms with Gasteiger partial charge in [0.05, 0.1) is 10.6 Å². The van der Waals surface area contributed by atoms with Gasteiger partial charge in [-0.05, 0) is 0 Å². The summed E-state index contributed by atoms with van der Waals surface area (Å²) >= 11 is 0. The van der Waals surface area contributed by atoms with Gasteiger partial charge >= 0.3 is 0 Å². The highest BCUT2D eigenvalue weighted by Gasteiger charge is 2.10. The third kappa shape index (κ3) is 3.07. The minimum Gasteiger partial charge on any atom is -0.377 e. The lowest BCUT2D eigenvalue weighted by Gasteiger charge is -2.07. The highest BCUT2D eigenvalue weighted by atomic mass is 16.6. The molecule has 0 amide bonds. The normalized spacial score (nSPS) is 10.3. The number of rotatable bonds is 5. The van der Waals surface area contributed by atoms with Crippen molar-refractivity contribution in [3.63, 3.8) is 0 Å². The van der Waals surface area contributed by atoms with Gasteiger partial charge in [0.25, 0.3) is 5.69 Å². The predicted molar refractivity (Wildman–Crippen MR) is 74.4 cm³/mol. The van der Waals surface area contributed by atoms with Crippen molar-refractivity contribution >= 4 is 11.5 Å². The van der Waals surface area contributed by atoms with Crippen molar-refractivity contribution in [3.8, 4) is 11.3 Å². The largest absolute Gasteiger partial charge is 0.377 e. The molecular formula is C13H14N4O3. The Kier molecular flexibility index (Phi) is 4.21. The second-order valence-corrected chi connectivity index (χ2v) is 4.05. The van der Waals surface area contributed by atoms with Crippen LogP contribution in [0.3, 0.4) is 0 Å². The number of nitrogens with zero attached hydrogens (tertiary/aromatic N) is 3. The van der Waals surface area contributed by atoms with Crippen LogP contribution >= 0.6 is 0 Å². The maximum atomic E-state index is 10.8. The summed E-state index contributed by atoms with van der Waals surface area (Å²) in [7, 11) is 3.30. The number of benzene rings is 1. The maximum absolute atomic E-state index is 10.8. The molecule has 1 N–H and O–H groups in total. The van der Waals surface area contributed by atoms with E-state index in [0.717, 1.165) is 0 Å². The van der Waals surface area contributed by atoms with E-state index in [9.17, 15) is 10.1 Å². The molecule has 0 saturated heterocycles. The van der Waals surface area contributed by atoms with E-state index in [2.05, 4.69) is 15.3 Å². The van der Waals surface area contributed by atoms with Crippen molar-refractivity contribution < 1.29 is 9.66 Å². The van der Waals surface area contributed by atoms with Gasteiger partial charge in [-0.1, -0.05) is 12.1 Å². The fourth-order valence-electron chi connectivity index (χ4n) is 1.75. The molecule has 1 heterocycles. The van der Waals surface area contributed by atoms with Crippen LogP contribution in [0.15, 0.2) is 30.3 Å². The minimum absolute atomic E-state index is 0.0282. The topological polar surface area (TPSA) is 90.2 Å². The summed E-state index contributed by atoms with van der Waals surface area (Å²) in [6, 6.07) is 8.06. The first-order chi connectivity index (χ1) is 9.63. The summed E-state index contributed by atoms with van der Waals surface area (Å²) in [5.41, 5.74) is 1.30. The van der Waals surface area contributed by atoms with Crippen LogP contribution in [0.25, 0.3) is 11.3 Å². The quantitative estimate of drug-likeness (QED) is 0.664. The van der Waals surface area contributed by atoms with Gasteiger partial charge in [0, 0.05) is 37.9 Å². The van der Waals surface area contributed by atoms with Crippen LogP contribution in [0.1, 0.15) is 5.82 Å². The summed E-state index contributed by atoms with van der Waals surface area (Å²) in [5, 5.41) is 13.8. The maximum Gasteiger partial charge on any atom is 0.270 e. The molecule has 0 fully saturated rings. The number of nitro groups is 1. The molecule has 2 rings (SSSR count). The molecule has 0 bridgehead atoms. The Hall–Kier alpha value is -2.54. The van der Waals surface area contributed by atoms with Crippen LogP contribution in [0.5, 0.6) is 0 Å². The second kappa shape index (κ2) is 6.07. The predicted octanol–water partition coefficient (Wildman–Crippen LogP) is 2.24. The summed E-state index contributed by atoms with van der Waals surface area (Å²) in [4.78, 5) is 19.0. The van der Waals surface area contributed by atoms with E-state index < -0.39 is 4.92 Å². The Balaban J connectivity index is 2.48. The van der Waals surface area contributed by atoms with Crippen LogP contribution in [0.2, 0.25) is 0 Å². The summed E-state index contributed by atoms with van der Waals surface area (Å²) in [5.74, 6) is 1.15. The molecule has 7 heteroatoms. The van der Waals surface area contributed by atoms with Gasteiger partial charge in [0.1, 0.15) is 12.4 Å². The molecule has 0 spiro atoms.